The van der Waals surface area contributed by atoms with Crippen molar-refractivity contribution in [3.8, 4) is 6.07 Å². The number of anilines is 1. The van der Waals surface area contributed by atoms with E-state index in [2.05, 4.69) is 23.0 Å². The lowest BCUT2D eigenvalue weighted by atomic mass is 10.1. The third-order valence-electron chi connectivity index (χ3n) is 4.58. The van der Waals surface area contributed by atoms with Crippen LogP contribution < -0.4 is 5.32 Å². The molecular formula is C20H18N4O. The van der Waals surface area contributed by atoms with Crippen molar-refractivity contribution >= 4 is 22.6 Å². The van der Waals surface area contributed by atoms with E-state index in [-0.39, 0.29) is 5.91 Å². The van der Waals surface area contributed by atoms with Crippen LogP contribution in [-0.4, -0.2) is 15.5 Å². The summed E-state index contributed by atoms with van der Waals surface area (Å²) in [5.74, 6) is 1.66. The second-order valence-corrected chi connectivity index (χ2v) is 6.54. The number of aryl methyl sites for hydroxylation is 1. The van der Waals surface area contributed by atoms with Crippen molar-refractivity contribution in [3.63, 3.8) is 0 Å². The number of carbonyl (C=O) groups excluding carboxylic acids is 1. The zero-order valence-corrected chi connectivity index (χ0v) is 14.0. The zero-order valence-electron chi connectivity index (χ0n) is 14.0. The fourth-order valence-electron chi connectivity index (χ4n) is 3.10. The van der Waals surface area contributed by atoms with Gasteiger partial charge >= 0.3 is 0 Å². The summed E-state index contributed by atoms with van der Waals surface area (Å²) >= 11 is 0. The number of carbonyl (C=O) groups is 1. The first-order valence-corrected chi connectivity index (χ1v) is 8.39. The summed E-state index contributed by atoms with van der Waals surface area (Å²) in [6, 6.07) is 14.9. The Hall–Kier alpha value is -3.13. The molecule has 5 heteroatoms. The van der Waals surface area contributed by atoms with Crippen LogP contribution in [0.25, 0.3) is 11.0 Å². The van der Waals surface area contributed by atoms with Crippen LogP contribution in [0.5, 0.6) is 0 Å². The molecule has 1 saturated carbocycles. The highest BCUT2D eigenvalue weighted by molar-refractivity contribution is 5.93. The Kier molecular flexibility index (Phi) is 3.73. The number of hydrogen-bond donors (Lipinski definition) is 1. The Morgan fingerprint density at radius 2 is 2.04 bits per heavy atom. The Balaban J connectivity index is 1.49. The van der Waals surface area contributed by atoms with Gasteiger partial charge in [0.15, 0.2) is 0 Å². The molecule has 1 amide bonds. The minimum atomic E-state index is -0.0811. The minimum Gasteiger partial charge on any atom is -0.331 e. The van der Waals surface area contributed by atoms with Crippen LogP contribution >= 0.6 is 0 Å². The van der Waals surface area contributed by atoms with Gasteiger partial charge in [0.05, 0.1) is 29.1 Å². The molecule has 0 aliphatic heterocycles. The van der Waals surface area contributed by atoms with Crippen molar-refractivity contribution in [1.29, 1.82) is 5.26 Å². The van der Waals surface area contributed by atoms with E-state index in [1.54, 1.807) is 24.3 Å². The first-order valence-electron chi connectivity index (χ1n) is 8.39. The van der Waals surface area contributed by atoms with Crippen LogP contribution in [0.15, 0.2) is 42.5 Å². The molecule has 1 N–H and O–H groups in total. The Labute approximate surface area is 145 Å². The predicted octanol–water partition coefficient (Wildman–Crippen LogP) is 3.50. The molecule has 1 aliphatic carbocycles. The van der Waals surface area contributed by atoms with Gasteiger partial charge in [-0.05, 0) is 54.8 Å². The van der Waals surface area contributed by atoms with Gasteiger partial charge in [0.1, 0.15) is 5.82 Å². The number of benzene rings is 2. The molecule has 0 atom stereocenters. The summed E-state index contributed by atoms with van der Waals surface area (Å²) in [4.78, 5) is 17.0. The molecule has 4 rings (SSSR count). The fraction of sp³-hybridized carbons (Fsp3) is 0.250. The van der Waals surface area contributed by atoms with Gasteiger partial charge in [0, 0.05) is 18.7 Å². The molecule has 1 aromatic heterocycles. The Morgan fingerprint density at radius 3 is 2.72 bits per heavy atom. The van der Waals surface area contributed by atoms with Crippen molar-refractivity contribution in [2.75, 3.05) is 5.32 Å². The number of hydrogen-bond acceptors (Lipinski definition) is 3. The average Bonchev–Trinajstić information content (AvgIpc) is 3.40. The standard InChI is InChI=1S/C20H18N4O/c1-24-18-9-4-14(10-17(18)23-20(24)15-5-6-15)11-19(25)22-16-7-2-13(12-21)3-8-16/h2-4,7-10,15H,5-6,11H2,1H3,(H,22,25). The van der Waals surface area contributed by atoms with Crippen molar-refractivity contribution in [2.24, 2.45) is 7.05 Å². The molecule has 0 spiro atoms. The van der Waals surface area contributed by atoms with E-state index in [1.807, 2.05) is 18.2 Å². The van der Waals surface area contributed by atoms with Gasteiger partial charge in [0.25, 0.3) is 0 Å². The summed E-state index contributed by atoms with van der Waals surface area (Å²) in [7, 11) is 2.06. The molecule has 0 bridgehead atoms. The molecule has 1 aliphatic rings. The molecule has 3 aromatic rings. The number of fused-ring (bicyclic) bond motifs is 1. The van der Waals surface area contributed by atoms with Crippen LogP contribution in [0.2, 0.25) is 0 Å². The highest BCUT2D eigenvalue weighted by atomic mass is 16.1. The summed E-state index contributed by atoms with van der Waals surface area (Å²) in [5.41, 5.74) is 4.27. The molecule has 0 unspecified atom stereocenters. The number of aromatic nitrogens is 2. The van der Waals surface area contributed by atoms with Gasteiger partial charge in [-0.1, -0.05) is 6.07 Å². The maximum Gasteiger partial charge on any atom is 0.228 e. The highest BCUT2D eigenvalue weighted by Gasteiger charge is 2.28. The average molecular weight is 330 g/mol. The third kappa shape index (κ3) is 3.11. The van der Waals surface area contributed by atoms with Crippen LogP contribution in [-0.2, 0) is 18.3 Å². The molecule has 1 heterocycles. The van der Waals surface area contributed by atoms with Crippen LogP contribution in [0.3, 0.4) is 0 Å². The number of nitrogens with zero attached hydrogens (tertiary/aromatic N) is 3. The first kappa shape index (κ1) is 15.4. The SMILES string of the molecule is Cn1c(C2CC2)nc2cc(CC(=O)Nc3ccc(C#N)cc3)ccc21. The molecular weight excluding hydrogens is 312 g/mol. The topological polar surface area (TPSA) is 70.7 Å². The number of nitrogens with one attached hydrogen (secondary N) is 1. The smallest absolute Gasteiger partial charge is 0.228 e. The number of rotatable bonds is 4. The molecule has 25 heavy (non-hydrogen) atoms. The summed E-state index contributed by atoms with van der Waals surface area (Å²) in [6.45, 7) is 0. The van der Waals surface area contributed by atoms with E-state index in [4.69, 9.17) is 10.2 Å². The number of nitriles is 1. The predicted molar refractivity (Wildman–Crippen MR) is 96.2 cm³/mol. The van der Waals surface area contributed by atoms with E-state index in [1.165, 1.54) is 12.8 Å². The van der Waals surface area contributed by atoms with Gasteiger partial charge in [-0.25, -0.2) is 4.98 Å². The lowest BCUT2D eigenvalue weighted by Crippen LogP contribution is -2.14. The summed E-state index contributed by atoms with van der Waals surface area (Å²) in [5, 5.41) is 11.7. The van der Waals surface area contributed by atoms with Gasteiger partial charge in [-0.2, -0.15) is 5.26 Å². The maximum atomic E-state index is 12.3. The van der Waals surface area contributed by atoms with Crippen LogP contribution in [0.4, 0.5) is 5.69 Å². The lowest BCUT2D eigenvalue weighted by Gasteiger charge is -2.06. The van der Waals surface area contributed by atoms with E-state index in [0.717, 1.165) is 22.4 Å². The highest BCUT2D eigenvalue weighted by Crippen LogP contribution is 2.40. The second-order valence-electron chi connectivity index (χ2n) is 6.54. The maximum absolute atomic E-state index is 12.3. The zero-order chi connectivity index (χ0) is 17.4. The molecule has 0 radical (unpaired) electrons. The summed E-state index contributed by atoms with van der Waals surface area (Å²) < 4.78 is 2.16. The molecule has 0 saturated heterocycles. The summed E-state index contributed by atoms with van der Waals surface area (Å²) in [6.07, 6.45) is 2.74. The van der Waals surface area contributed by atoms with Crippen molar-refractivity contribution in [1.82, 2.24) is 9.55 Å². The van der Waals surface area contributed by atoms with E-state index in [0.29, 0.717) is 23.6 Å². The normalized spacial score (nSPS) is 13.6. The van der Waals surface area contributed by atoms with Crippen LogP contribution in [0, 0.1) is 11.3 Å². The van der Waals surface area contributed by atoms with Gasteiger partial charge in [-0.3, -0.25) is 4.79 Å². The van der Waals surface area contributed by atoms with Crippen molar-refractivity contribution in [2.45, 2.75) is 25.2 Å². The second kappa shape index (κ2) is 6.06. The molecule has 5 nitrogen and oxygen atoms in total. The molecule has 1 fully saturated rings. The lowest BCUT2D eigenvalue weighted by molar-refractivity contribution is -0.115. The van der Waals surface area contributed by atoms with Gasteiger partial charge < -0.3 is 9.88 Å². The van der Waals surface area contributed by atoms with Crippen LogP contribution in [0.1, 0.15) is 35.7 Å². The minimum absolute atomic E-state index is 0.0811. The van der Waals surface area contributed by atoms with E-state index < -0.39 is 0 Å². The number of imidazole rings is 1. The molecule has 2 aromatic carbocycles. The monoisotopic (exact) mass is 330 g/mol. The Bertz CT molecular complexity index is 991. The van der Waals surface area contributed by atoms with Crippen molar-refractivity contribution in [3.05, 3.63) is 59.4 Å². The van der Waals surface area contributed by atoms with Gasteiger partial charge in [-0.15, -0.1) is 0 Å². The Morgan fingerprint density at radius 1 is 1.28 bits per heavy atom. The third-order valence-corrected chi connectivity index (χ3v) is 4.58. The first-order chi connectivity index (χ1) is 12.1. The molecule has 124 valence electrons. The number of amides is 1. The van der Waals surface area contributed by atoms with E-state index in [9.17, 15) is 4.79 Å². The van der Waals surface area contributed by atoms with E-state index >= 15 is 0 Å². The quantitative estimate of drug-likeness (QED) is 0.796. The largest absolute Gasteiger partial charge is 0.331 e. The van der Waals surface area contributed by atoms with Gasteiger partial charge in [0.2, 0.25) is 5.91 Å². The fourth-order valence-corrected chi connectivity index (χ4v) is 3.10. The van der Waals surface area contributed by atoms with Crippen molar-refractivity contribution < 1.29 is 4.79 Å².